The number of carbonyl (C=O) groups is 1. The van der Waals surface area contributed by atoms with Crippen LogP contribution in [0.5, 0.6) is 0 Å². The summed E-state index contributed by atoms with van der Waals surface area (Å²) in [7, 11) is 0. The monoisotopic (exact) mass is 444 g/mol. The number of guanidine groups is 1. The molecule has 1 aromatic carbocycles. The number of hydrogen-bond acceptors (Lipinski definition) is 2. The minimum atomic E-state index is -0.0927. The Morgan fingerprint density at radius 2 is 1.96 bits per heavy atom. The Bertz CT molecular complexity index is 581. The van der Waals surface area contributed by atoms with Gasteiger partial charge in [-0.2, -0.15) is 0 Å². The summed E-state index contributed by atoms with van der Waals surface area (Å²) in [6.45, 7) is 8.22. The molecule has 5 nitrogen and oxygen atoms in total. The maximum Gasteiger partial charge on any atom is 0.222 e. The van der Waals surface area contributed by atoms with Gasteiger partial charge in [0, 0.05) is 31.6 Å². The average Bonchev–Trinajstić information content (AvgIpc) is 2.49. The van der Waals surface area contributed by atoms with E-state index in [0.29, 0.717) is 18.9 Å². The Morgan fingerprint density at radius 1 is 1.29 bits per heavy atom. The van der Waals surface area contributed by atoms with Crippen molar-refractivity contribution >= 4 is 35.8 Å². The highest BCUT2D eigenvalue weighted by Gasteiger charge is 2.19. The Kier molecular flexibility index (Phi) is 7.99. The Labute approximate surface area is 162 Å². The van der Waals surface area contributed by atoms with Crippen LogP contribution in [0.3, 0.4) is 0 Å². The summed E-state index contributed by atoms with van der Waals surface area (Å²) in [5, 5.41) is 3.11. The molecule has 1 amide bonds. The molecule has 3 N–H and O–H groups in total. The van der Waals surface area contributed by atoms with Gasteiger partial charge in [0.25, 0.3) is 0 Å². The molecule has 0 aliphatic carbocycles. The molecule has 1 aliphatic heterocycles. The van der Waals surface area contributed by atoms with Crippen LogP contribution in [0.1, 0.15) is 44.7 Å². The predicted octanol–water partition coefficient (Wildman–Crippen LogP) is 2.67. The van der Waals surface area contributed by atoms with E-state index in [1.807, 2.05) is 31.7 Å². The van der Waals surface area contributed by atoms with Gasteiger partial charge in [-0.1, -0.05) is 24.3 Å². The summed E-state index contributed by atoms with van der Waals surface area (Å²) in [5.74, 6) is 0.647. The van der Waals surface area contributed by atoms with Crippen LogP contribution in [0.2, 0.25) is 0 Å². The number of benzene rings is 1. The van der Waals surface area contributed by atoms with E-state index >= 15 is 0 Å². The molecule has 0 unspecified atom stereocenters. The first kappa shape index (κ1) is 20.7. The minimum absolute atomic E-state index is 0. The molecule has 1 heterocycles. The first-order valence-electron chi connectivity index (χ1n) is 8.28. The van der Waals surface area contributed by atoms with Crippen molar-refractivity contribution in [2.24, 2.45) is 10.7 Å². The lowest BCUT2D eigenvalue weighted by Gasteiger charge is -2.29. The van der Waals surface area contributed by atoms with Gasteiger partial charge in [-0.15, -0.1) is 24.0 Å². The molecule has 0 bridgehead atoms. The van der Waals surface area contributed by atoms with E-state index in [1.54, 1.807) is 0 Å². The molecule has 0 saturated heterocycles. The fourth-order valence-electron chi connectivity index (χ4n) is 2.72. The SMILES string of the molecule is CC(C)(C)NC(N)=NCCCC(=O)N1CCc2ccccc2C1.I. The van der Waals surface area contributed by atoms with Gasteiger partial charge in [0.2, 0.25) is 5.91 Å². The molecule has 134 valence electrons. The zero-order valence-electron chi connectivity index (χ0n) is 14.8. The molecule has 1 aromatic rings. The fraction of sp³-hybridized carbons (Fsp3) is 0.556. The predicted molar refractivity (Wildman–Crippen MR) is 110 cm³/mol. The molecule has 2 rings (SSSR count). The second kappa shape index (κ2) is 9.25. The molecule has 6 heteroatoms. The molecule has 0 saturated carbocycles. The number of carbonyl (C=O) groups excluding carboxylic acids is 1. The molecule has 0 fully saturated rings. The molecule has 24 heavy (non-hydrogen) atoms. The van der Waals surface area contributed by atoms with Crippen molar-refractivity contribution in [3.63, 3.8) is 0 Å². The number of fused-ring (bicyclic) bond motifs is 1. The van der Waals surface area contributed by atoms with Crippen molar-refractivity contribution in [3.05, 3.63) is 35.4 Å². The summed E-state index contributed by atoms with van der Waals surface area (Å²) in [5.41, 5.74) is 8.35. The molecular formula is C18H29IN4O. The van der Waals surface area contributed by atoms with Crippen molar-refractivity contribution < 1.29 is 4.79 Å². The Morgan fingerprint density at radius 3 is 2.62 bits per heavy atom. The number of halogens is 1. The van der Waals surface area contributed by atoms with Crippen LogP contribution in [0.15, 0.2) is 29.3 Å². The fourth-order valence-corrected chi connectivity index (χ4v) is 2.72. The van der Waals surface area contributed by atoms with Crippen molar-refractivity contribution in [2.75, 3.05) is 13.1 Å². The summed E-state index contributed by atoms with van der Waals surface area (Å²) >= 11 is 0. The molecule has 0 spiro atoms. The minimum Gasteiger partial charge on any atom is -0.370 e. The van der Waals surface area contributed by atoms with Crippen LogP contribution in [0.25, 0.3) is 0 Å². The lowest BCUT2D eigenvalue weighted by molar-refractivity contribution is -0.132. The molecule has 0 aromatic heterocycles. The van der Waals surface area contributed by atoms with E-state index in [0.717, 1.165) is 25.9 Å². The van der Waals surface area contributed by atoms with Gasteiger partial charge in [-0.25, -0.2) is 0 Å². The van der Waals surface area contributed by atoms with Gasteiger partial charge < -0.3 is 16.0 Å². The number of nitrogens with two attached hydrogens (primary N) is 1. The quantitative estimate of drug-likeness (QED) is 0.325. The summed E-state index contributed by atoms with van der Waals surface area (Å²) in [6, 6.07) is 8.35. The number of aliphatic imine (C=N–C) groups is 1. The Hall–Kier alpha value is -1.31. The van der Waals surface area contributed by atoms with Crippen molar-refractivity contribution in [1.82, 2.24) is 10.2 Å². The average molecular weight is 444 g/mol. The van der Waals surface area contributed by atoms with Crippen LogP contribution < -0.4 is 11.1 Å². The second-order valence-electron chi connectivity index (χ2n) is 7.08. The first-order chi connectivity index (χ1) is 10.8. The van der Waals surface area contributed by atoms with Crippen LogP contribution in [0, 0.1) is 0 Å². The van der Waals surface area contributed by atoms with Crippen LogP contribution in [-0.4, -0.2) is 35.4 Å². The number of hydrogen-bond donors (Lipinski definition) is 2. The lowest BCUT2D eigenvalue weighted by atomic mass is 9.99. The Balaban J connectivity index is 0.00000288. The van der Waals surface area contributed by atoms with E-state index in [9.17, 15) is 4.79 Å². The van der Waals surface area contributed by atoms with E-state index < -0.39 is 0 Å². The number of nitrogens with zero attached hydrogens (tertiary/aromatic N) is 2. The summed E-state index contributed by atoms with van der Waals surface area (Å²) in [6.07, 6.45) is 2.19. The van der Waals surface area contributed by atoms with E-state index in [-0.39, 0.29) is 35.4 Å². The van der Waals surface area contributed by atoms with Crippen molar-refractivity contribution in [2.45, 2.75) is 52.1 Å². The summed E-state index contributed by atoms with van der Waals surface area (Å²) in [4.78, 5) is 18.5. The van der Waals surface area contributed by atoms with Gasteiger partial charge in [0.15, 0.2) is 5.96 Å². The van der Waals surface area contributed by atoms with Gasteiger partial charge in [0.05, 0.1) is 0 Å². The van der Waals surface area contributed by atoms with Crippen molar-refractivity contribution in [3.8, 4) is 0 Å². The van der Waals surface area contributed by atoms with Crippen LogP contribution in [-0.2, 0) is 17.8 Å². The van der Waals surface area contributed by atoms with Gasteiger partial charge in [0.1, 0.15) is 0 Å². The maximum absolute atomic E-state index is 12.3. The van der Waals surface area contributed by atoms with Gasteiger partial charge >= 0.3 is 0 Å². The third-order valence-corrected chi connectivity index (χ3v) is 3.82. The normalized spacial score (nSPS) is 14.6. The maximum atomic E-state index is 12.3. The number of rotatable bonds is 4. The third-order valence-electron chi connectivity index (χ3n) is 3.82. The zero-order valence-corrected chi connectivity index (χ0v) is 17.2. The zero-order chi connectivity index (χ0) is 16.9. The topological polar surface area (TPSA) is 70.7 Å². The molecule has 0 atom stereocenters. The number of nitrogens with one attached hydrogen (secondary N) is 1. The highest BCUT2D eigenvalue weighted by Crippen LogP contribution is 2.19. The lowest BCUT2D eigenvalue weighted by Crippen LogP contribution is -2.45. The third kappa shape index (κ3) is 6.67. The second-order valence-corrected chi connectivity index (χ2v) is 7.08. The largest absolute Gasteiger partial charge is 0.370 e. The van der Waals surface area contributed by atoms with Crippen LogP contribution in [0.4, 0.5) is 0 Å². The first-order valence-corrected chi connectivity index (χ1v) is 8.28. The van der Waals surface area contributed by atoms with E-state index in [2.05, 4.69) is 28.5 Å². The molecule has 0 radical (unpaired) electrons. The summed E-state index contributed by atoms with van der Waals surface area (Å²) < 4.78 is 0. The standard InChI is InChI=1S/C18H28N4O.HI/c1-18(2,3)21-17(19)20-11-6-9-16(23)22-12-10-14-7-4-5-8-15(14)13-22;/h4-5,7-8H,6,9-13H2,1-3H3,(H3,19,20,21);1H. The highest BCUT2D eigenvalue weighted by molar-refractivity contribution is 14.0. The molecule has 1 aliphatic rings. The van der Waals surface area contributed by atoms with Crippen molar-refractivity contribution in [1.29, 1.82) is 0 Å². The smallest absolute Gasteiger partial charge is 0.222 e. The molecular weight excluding hydrogens is 415 g/mol. The van der Waals surface area contributed by atoms with Gasteiger partial charge in [-0.05, 0) is 44.7 Å². The van der Waals surface area contributed by atoms with Crippen LogP contribution >= 0.6 is 24.0 Å². The van der Waals surface area contributed by atoms with E-state index in [1.165, 1.54) is 11.1 Å². The highest BCUT2D eigenvalue weighted by atomic mass is 127. The van der Waals surface area contributed by atoms with E-state index in [4.69, 9.17) is 5.73 Å². The number of amides is 1. The van der Waals surface area contributed by atoms with Gasteiger partial charge in [-0.3, -0.25) is 9.79 Å².